The second kappa shape index (κ2) is 7.79. The number of hydrogen-bond acceptors (Lipinski definition) is 8. The van der Waals surface area contributed by atoms with Gasteiger partial charge in [0.15, 0.2) is 11.6 Å². The lowest BCUT2D eigenvalue weighted by Crippen LogP contribution is -2.41. The number of nitrogens with one attached hydrogen (secondary N) is 1. The minimum absolute atomic E-state index is 0.0261. The number of aryl methyl sites for hydroxylation is 1. The number of anilines is 2. The van der Waals surface area contributed by atoms with Gasteiger partial charge in [0.25, 0.3) is 0 Å². The van der Waals surface area contributed by atoms with Gasteiger partial charge in [0.2, 0.25) is 5.91 Å². The largest absolute Gasteiger partial charge is 0.354 e. The fourth-order valence-corrected chi connectivity index (χ4v) is 4.51. The Morgan fingerprint density at radius 3 is 2.87 bits per heavy atom. The predicted molar refractivity (Wildman–Crippen MR) is 115 cm³/mol. The fraction of sp³-hybridized carbons (Fsp3) is 0.300. The van der Waals surface area contributed by atoms with Crippen molar-refractivity contribution in [2.45, 2.75) is 19.8 Å². The number of nitrogens with zero attached hydrogens (tertiary/aromatic N) is 7. The van der Waals surface area contributed by atoms with Crippen LogP contribution < -0.4 is 10.2 Å². The number of hydrogen-bond donors (Lipinski definition) is 1. The Hall–Kier alpha value is -3.40. The highest BCUT2D eigenvalue weighted by molar-refractivity contribution is 7.18. The molecule has 1 fully saturated rings. The van der Waals surface area contributed by atoms with Gasteiger partial charge in [-0.05, 0) is 50.1 Å². The van der Waals surface area contributed by atoms with Crippen molar-refractivity contribution in [1.82, 2.24) is 29.9 Å². The van der Waals surface area contributed by atoms with Crippen molar-refractivity contribution in [3.63, 3.8) is 0 Å². The number of rotatable bonds is 4. The van der Waals surface area contributed by atoms with Gasteiger partial charge in [-0.3, -0.25) is 4.79 Å². The molecule has 0 radical (unpaired) electrons. The number of carbonyl (C=O) groups excluding carboxylic acids is 1. The van der Waals surface area contributed by atoms with E-state index < -0.39 is 0 Å². The number of carbonyl (C=O) groups is 1. The molecule has 4 aromatic rings. The highest BCUT2D eigenvalue weighted by Crippen LogP contribution is 2.26. The van der Waals surface area contributed by atoms with Gasteiger partial charge >= 0.3 is 0 Å². The topological polar surface area (TPSA) is 102 Å². The minimum Gasteiger partial charge on any atom is -0.354 e. The Bertz CT molecular complexity index is 1170. The fourth-order valence-electron chi connectivity index (χ4n) is 3.70. The van der Waals surface area contributed by atoms with E-state index in [0.717, 1.165) is 46.1 Å². The Morgan fingerprint density at radius 2 is 2.07 bits per heavy atom. The molecule has 5 rings (SSSR count). The second-order valence-corrected chi connectivity index (χ2v) is 8.51. The summed E-state index contributed by atoms with van der Waals surface area (Å²) in [5.74, 6) is 1.28. The standard InChI is InChI=1S/C20H20N8OS/c1-13-23-16-9-15(4-5-17(16)30-13)24-20(29)14-3-2-8-27(10-14)18-6-7-19(26-25-18)28-12-21-11-22-28/h4-7,9,11-12,14H,2-3,8,10H2,1H3,(H,24,29)/t14-/m0/s1. The Labute approximate surface area is 176 Å². The number of fused-ring (bicyclic) bond motifs is 1. The van der Waals surface area contributed by atoms with E-state index >= 15 is 0 Å². The van der Waals surface area contributed by atoms with Gasteiger partial charge < -0.3 is 10.2 Å². The Kier molecular flexibility index (Phi) is 4.83. The normalized spacial score (nSPS) is 16.7. The summed E-state index contributed by atoms with van der Waals surface area (Å²) >= 11 is 1.65. The van der Waals surface area contributed by atoms with Crippen LogP contribution in [0.2, 0.25) is 0 Å². The first-order chi connectivity index (χ1) is 14.7. The molecule has 0 saturated carbocycles. The van der Waals surface area contributed by atoms with E-state index in [9.17, 15) is 4.79 Å². The van der Waals surface area contributed by atoms with E-state index in [1.54, 1.807) is 22.3 Å². The van der Waals surface area contributed by atoms with Crippen LogP contribution in [0.25, 0.3) is 16.0 Å². The van der Waals surface area contributed by atoms with Gasteiger partial charge in [0, 0.05) is 18.8 Å². The molecule has 1 saturated heterocycles. The van der Waals surface area contributed by atoms with Gasteiger partial charge in [0.1, 0.15) is 12.7 Å². The van der Waals surface area contributed by atoms with Crippen LogP contribution in [0.1, 0.15) is 17.8 Å². The second-order valence-electron chi connectivity index (χ2n) is 7.28. The SMILES string of the molecule is Cc1nc2cc(NC(=O)[C@H]3CCCN(c4ccc(-n5cncn5)nn4)C3)ccc2s1. The molecular formula is C20H20N8OS. The predicted octanol–water partition coefficient (Wildman–Crippen LogP) is 2.83. The maximum absolute atomic E-state index is 12.9. The van der Waals surface area contributed by atoms with Crippen LogP contribution in [0.3, 0.4) is 0 Å². The van der Waals surface area contributed by atoms with Crippen LogP contribution in [-0.4, -0.2) is 48.9 Å². The first-order valence-electron chi connectivity index (χ1n) is 9.77. The number of aromatic nitrogens is 6. The lowest BCUT2D eigenvalue weighted by atomic mass is 9.97. The zero-order valence-electron chi connectivity index (χ0n) is 16.4. The van der Waals surface area contributed by atoms with E-state index in [1.165, 1.54) is 6.33 Å². The molecule has 30 heavy (non-hydrogen) atoms. The molecule has 10 heteroatoms. The van der Waals surface area contributed by atoms with E-state index in [2.05, 4.69) is 35.5 Å². The summed E-state index contributed by atoms with van der Waals surface area (Å²) in [6, 6.07) is 9.64. The first kappa shape index (κ1) is 18.6. The molecular weight excluding hydrogens is 400 g/mol. The zero-order chi connectivity index (χ0) is 20.5. The minimum atomic E-state index is -0.108. The highest BCUT2D eigenvalue weighted by Gasteiger charge is 2.27. The highest BCUT2D eigenvalue weighted by atomic mass is 32.1. The maximum atomic E-state index is 12.9. The van der Waals surface area contributed by atoms with Crippen LogP contribution in [0.5, 0.6) is 0 Å². The van der Waals surface area contributed by atoms with E-state index in [0.29, 0.717) is 12.4 Å². The number of amides is 1. The lowest BCUT2D eigenvalue weighted by Gasteiger charge is -2.32. The van der Waals surface area contributed by atoms with Gasteiger partial charge in [-0.1, -0.05) is 0 Å². The molecule has 152 valence electrons. The lowest BCUT2D eigenvalue weighted by molar-refractivity contribution is -0.120. The van der Waals surface area contributed by atoms with E-state index in [4.69, 9.17) is 0 Å². The number of thiazole rings is 1. The third-order valence-corrected chi connectivity index (χ3v) is 6.12. The molecule has 3 aromatic heterocycles. The molecule has 0 bridgehead atoms. The average molecular weight is 421 g/mol. The molecule has 1 atom stereocenters. The quantitative estimate of drug-likeness (QED) is 0.542. The molecule has 1 aliphatic rings. The van der Waals surface area contributed by atoms with E-state index in [1.807, 2.05) is 37.3 Å². The van der Waals surface area contributed by atoms with Crippen LogP contribution in [-0.2, 0) is 4.79 Å². The molecule has 1 aliphatic heterocycles. The van der Waals surface area contributed by atoms with Gasteiger partial charge in [-0.25, -0.2) is 14.6 Å². The van der Waals surface area contributed by atoms with Crippen molar-refractivity contribution >= 4 is 39.0 Å². The molecule has 0 aliphatic carbocycles. The monoisotopic (exact) mass is 420 g/mol. The van der Waals surface area contributed by atoms with Crippen molar-refractivity contribution in [2.75, 3.05) is 23.3 Å². The molecule has 1 aromatic carbocycles. The number of piperidine rings is 1. The van der Waals surface area contributed by atoms with Crippen molar-refractivity contribution in [2.24, 2.45) is 5.92 Å². The molecule has 0 unspecified atom stereocenters. The van der Waals surface area contributed by atoms with Crippen molar-refractivity contribution in [3.8, 4) is 5.82 Å². The average Bonchev–Trinajstić information content (AvgIpc) is 3.43. The van der Waals surface area contributed by atoms with Crippen LogP contribution in [0, 0.1) is 12.8 Å². The molecule has 4 heterocycles. The van der Waals surface area contributed by atoms with Crippen LogP contribution in [0.4, 0.5) is 11.5 Å². The summed E-state index contributed by atoms with van der Waals surface area (Å²) in [7, 11) is 0. The summed E-state index contributed by atoms with van der Waals surface area (Å²) < 4.78 is 2.69. The smallest absolute Gasteiger partial charge is 0.229 e. The maximum Gasteiger partial charge on any atom is 0.229 e. The van der Waals surface area contributed by atoms with Crippen molar-refractivity contribution < 1.29 is 4.79 Å². The number of benzene rings is 1. The third kappa shape index (κ3) is 3.73. The van der Waals surface area contributed by atoms with Crippen molar-refractivity contribution in [1.29, 1.82) is 0 Å². The van der Waals surface area contributed by atoms with Gasteiger partial charge in [0.05, 0.1) is 21.1 Å². The molecule has 9 nitrogen and oxygen atoms in total. The summed E-state index contributed by atoms with van der Waals surface area (Å²) in [5, 5.41) is 16.7. The zero-order valence-corrected chi connectivity index (χ0v) is 17.2. The summed E-state index contributed by atoms with van der Waals surface area (Å²) in [6.45, 7) is 3.45. The van der Waals surface area contributed by atoms with Crippen molar-refractivity contribution in [3.05, 3.63) is 48.0 Å². The van der Waals surface area contributed by atoms with Crippen LogP contribution >= 0.6 is 11.3 Å². The summed E-state index contributed by atoms with van der Waals surface area (Å²) in [6.07, 6.45) is 4.81. The summed E-state index contributed by atoms with van der Waals surface area (Å²) in [5.41, 5.74) is 1.70. The van der Waals surface area contributed by atoms with Gasteiger partial charge in [-0.2, -0.15) is 5.10 Å². The third-order valence-electron chi connectivity index (χ3n) is 5.17. The Morgan fingerprint density at radius 1 is 1.20 bits per heavy atom. The Balaban J connectivity index is 1.26. The van der Waals surface area contributed by atoms with Crippen LogP contribution in [0.15, 0.2) is 43.0 Å². The molecule has 0 spiro atoms. The van der Waals surface area contributed by atoms with Gasteiger partial charge in [-0.15, -0.1) is 21.5 Å². The summed E-state index contributed by atoms with van der Waals surface area (Å²) in [4.78, 5) is 23.4. The molecule has 1 amide bonds. The first-order valence-corrected chi connectivity index (χ1v) is 10.6. The van der Waals surface area contributed by atoms with E-state index in [-0.39, 0.29) is 11.8 Å². The molecule has 1 N–H and O–H groups in total.